The van der Waals surface area contributed by atoms with Gasteiger partial charge < -0.3 is 5.73 Å². The second-order valence-corrected chi connectivity index (χ2v) is 3.49. The largest absolute Gasteiger partial charge is 0.326 e. The minimum atomic E-state index is -2.63. The van der Waals surface area contributed by atoms with Crippen molar-refractivity contribution in [3.05, 3.63) is 26.9 Å². The average molecular weight is 271 g/mol. The summed E-state index contributed by atoms with van der Waals surface area (Å²) in [6, 6.07) is 0. The fraction of sp³-hybridized carbons (Fsp3) is 0.286. The molecule has 1 aromatic rings. The Labute approximate surface area is 87.2 Å². The predicted octanol–water partition coefficient (Wildman–Crippen LogP) is 2.89. The number of pyridine rings is 1. The maximum Gasteiger partial charge on any atom is 0.281 e. The molecule has 0 aliphatic heterocycles. The molecule has 0 aliphatic rings. The van der Waals surface area contributed by atoms with Crippen LogP contribution in [0.15, 0.2) is 10.7 Å². The summed E-state index contributed by atoms with van der Waals surface area (Å²) in [5.41, 5.74) is 5.46. The Morgan fingerprint density at radius 2 is 2.23 bits per heavy atom. The number of nitrogens with zero attached hydrogens (tertiary/aromatic N) is 1. The number of aromatic nitrogens is 1. The second-order valence-electron chi connectivity index (χ2n) is 2.29. The minimum Gasteiger partial charge on any atom is -0.326 e. The normalized spacial score (nSPS) is 10.9. The highest BCUT2D eigenvalue weighted by Crippen LogP contribution is 2.31. The molecule has 0 saturated carbocycles. The molecule has 0 bridgehead atoms. The van der Waals surface area contributed by atoms with Crippen molar-refractivity contribution in [1.82, 2.24) is 4.98 Å². The molecular formula is C7H6BrClF2N2. The van der Waals surface area contributed by atoms with Crippen LogP contribution in [-0.2, 0) is 6.54 Å². The van der Waals surface area contributed by atoms with Crippen molar-refractivity contribution in [2.45, 2.75) is 13.0 Å². The van der Waals surface area contributed by atoms with Gasteiger partial charge in [0.25, 0.3) is 6.43 Å². The summed E-state index contributed by atoms with van der Waals surface area (Å²) in [5.74, 6) is 0. The fourth-order valence-corrected chi connectivity index (χ4v) is 1.84. The monoisotopic (exact) mass is 270 g/mol. The quantitative estimate of drug-likeness (QED) is 0.898. The molecule has 0 radical (unpaired) electrons. The van der Waals surface area contributed by atoms with Crippen LogP contribution < -0.4 is 5.73 Å². The highest BCUT2D eigenvalue weighted by atomic mass is 79.9. The Hall–Kier alpha value is -0.260. The lowest BCUT2D eigenvalue weighted by molar-refractivity contribution is 0.145. The van der Waals surface area contributed by atoms with E-state index in [1.807, 2.05) is 0 Å². The molecule has 0 saturated heterocycles. The standard InChI is InChI=1S/C7H6BrClF2N2/c8-5-3(1-12)4(9)2-13-6(5)7(10)11/h2,7H,1,12H2. The third-order valence-corrected chi connectivity index (χ3v) is 2.72. The molecule has 0 fully saturated rings. The molecule has 0 atom stereocenters. The van der Waals surface area contributed by atoms with Crippen LogP contribution in [0.5, 0.6) is 0 Å². The van der Waals surface area contributed by atoms with E-state index in [4.69, 9.17) is 17.3 Å². The van der Waals surface area contributed by atoms with Crippen LogP contribution in [0.4, 0.5) is 8.78 Å². The maximum atomic E-state index is 12.3. The van der Waals surface area contributed by atoms with Crippen LogP contribution in [0.25, 0.3) is 0 Å². The van der Waals surface area contributed by atoms with Gasteiger partial charge in [-0.05, 0) is 15.9 Å². The second kappa shape index (κ2) is 4.30. The first-order valence-corrected chi connectivity index (χ1v) is 4.56. The maximum absolute atomic E-state index is 12.3. The molecular weight excluding hydrogens is 265 g/mol. The van der Waals surface area contributed by atoms with Crippen LogP contribution in [0, 0.1) is 0 Å². The summed E-state index contributed by atoms with van der Waals surface area (Å²) >= 11 is 8.67. The minimum absolute atomic E-state index is 0.0989. The first-order chi connectivity index (χ1) is 6.07. The average Bonchev–Trinajstić information content (AvgIpc) is 2.04. The molecule has 1 aromatic heterocycles. The Bertz CT molecular complexity index is 320. The van der Waals surface area contributed by atoms with Crippen molar-refractivity contribution in [2.24, 2.45) is 5.73 Å². The molecule has 0 aromatic carbocycles. The number of hydrogen-bond donors (Lipinski definition) is 1. The van der Waals surface area contributed by atoms with Gasteiger partial charge in [0.1, 0.15) is 5.69 Å². The van der Waals surface area contributed by atoms with Crippen LogP contribution in [-0.4, -0.2) is 4.98 Å². The highest BCUT2D eigenvalue weighted by Gasteiger charge is 2.17. The SMILES string of the molecule is NCc1c(Cl)cnc(C(F)F)c1Br. The van der Waals surface area contributed by atoms with E-state index in [1.165, 1.54) is 6.20 Å². The molecule has 1 rings (SSSR count). The molecule has 13 heavy (non-hydrogen) atoms. The molecule has 2 N–H and O–H groups in total. The molecule has 0 unspecified atom stereocenters. The summed E-state index contributed by atoms with van der Waals surface area (Å²) in [6.45, 7) is 0.0989. The van der Waals surface area contributed by atoms with Gasteiger partial charge in [0.05, 0.1) is 9.50 Å². The Balaban J connectivity index is 3.27. The third kappa shape index (κ3) is 2.15. The molecule has 1 heterocycles. The Morgan fingerprint density at radius 1 is 1.62 bits per heavy atom. The first kappa shape index (κ1) is 10.8. The van der Waals surface area contributed by atoms with E-state index in [0.717, 1.165) is 0 Å². The van der Waals surface area contributed by atoms with E-state index in [9.17, 15) is 8.78 Å². The van der Waals surface area contributed by atoms with Gasteiger partial charge in [0.2, 0.25) is 0 Å². The van der Waals surface area contributed by atoms with Crippen molar-refractivity contribution in [2.75, 3.05) is 0 Å². The van der Waals surface area contributed by atoms with E-state index >= 15 is 0 Å². The summed E-state index contributed by atoms with van der Waals surface area (Å²) in [6.07, 6.45) is -1.45. The summed E-state index contributed by atoms with van der Waals surface area (Å²) in [5, 5.41) is 0.291. The zero-order chi connectivity index (χ0) is 10.0. The topological polar surface area (TPSA) is 38.9 Å². The fourth-order valence-electron chi connectivity index (χ4n) is 0.859. The highest BCUT2D eigenvalue weighted by molar-refractivity contribution is 9.10. The summed E-state index contributed by atoms with van der Waals surface area (Å²) < 4.78 is 24.8. The number of rotatable bonds is 2. The van der Waals surface area contributed by atoms with Crippen molar-refractivity contribution in [1.29, 1.82) is 0 Å². The molecule has 2 nitrogen and oxygen atoms in total. The molecule has 0 amide bonds. The molecule has 0 spiro atoms. The lowest BCUT2D eigenvalue weighted by Gasteiger charge is -2.08. The lowest BCUT2D eigenvalue weighted by Crippen LogP contribution is -2.03. The number of alkyl halides is 2. The van der Waals surface area contributed by atoms with Gasteiger partial charge in [-0.25, -0.2) is 8.78 Å². The first-order valence-electron chi connectivity index (χ1n) is 3.39. The van der Waals surface area contributed by atoms with Gasteiger partial charge in [0, 0.05) is 18.3 Å². The van der Waals surface area contributed by atoms with Gasteiger partial charge >= 0.3 is 0 Å². The summed E-state index contributed by atoms with van der Waals surface area (Å²) in [7, 11) is 0. The van der Waals surface area contributed by atoms with Gasteiger partial charge in [-0.3, -0.25) is 4.98 Å². The van der Waals surface area contributed by atoms with E-state index in [1.54, 1.807) is 0 Å². The van der Waals surface area contributed by atoms with Crippen molar-refractivity contribution >= 4 is 27.5 Å². The zero-order valence-electron chi connectivity index (χ0n) is 6.40. The van der Waals surface area contributed by atoms with Crippen LogP contribution in [0.3, 0.4) is 0 Å². The predicted molar refractivity (Wildman–Crippen MR) is 49.8 cm³/mol. The van der Waals surface area contributed by atoms with Crippen LogP contribution >= 0.6 is 27.5 Å². The number of nitrogens with two attached hydrogens (primary N) is 1. The van der Waals surface area contributed by atoms with Crippen LogP contribution in [0.2, 0.25) is 5.02 Å². The Kier molecular flexibility index (Phi) is 3.58. The molecule has 6 heteroatoms. The van der Waals surface area contributed by atoms with E-state index in [-0.39, 0.29) is 16.7 Å². The number of hydrogen-bond acceptors (Lipinski definition) is 2. The van der Waals surface area contributed by atoms with Crippen molar-refractivity contribution in [3.63, 3.8) is 0 Å². The molecule has 0 aliphatic carbocycles. The number of halogens is 4. The zero-order valence-corrected chi connectivity index (χ0v) is 8.74. The lowest BCUT2D eigenvalue weighted by atomic mass is 10.2. The van der Waals surface area contributed by atoms with E-state index < -0.39 is 6.43 Å². The Morgan fingerprint density at radius 3 is 2.69 bits per heavy atom. The van der Waals surface area contributed by atoms with Crippen molar-refractivity contribution in [3.8, 4) is 0 Å². The van der Waals surface area contributed by atoms with Gasteiger partial charge in [-0.2, -0.15) is 0 Å². The van der Waals surface area contributed by atoms with Gasteiger partial charge in [-0.1, -0.05) is 11.6 Å². The van der Waals surface area contributed by atoms with Crippen molar-refractivity contribution < 1.29 is 8.78 Å². The van der Waals surface area contributed by atoms with Gasteiger partial charge in [-0.15, -0.1) is 0 Å². The van der Waals surface area contributed by atoms with E-state index in [0.29, 0.717) is 10.6 Å². The van der Waals surface area contributed by atoms with E-state index in [2.05, 4.69) is 20.9 Å². The van der Waals surface area contributed by atoms with Crippen LogP contribution in [0.1, 0.15) is 17.7 Å². The summed E-state index contributed by atoms with van der Waals surface area (Å²) in [4.78, 5) is 3.50. The molecule has 72 valence electrons. The third-order valence-electron chi connectivity index (χ3n) is 1.51. The van der Waals surface area contributed by atoms with Gasteiger partial charge in [0.15, 0.2) is 0 Å². The smallest absolute Gasteiger partial charge is 0.281 e.